The van der Waals surface area contributed by atoms with Gasteiger partial charge in [0.15, 0.2) is 0 Å². The quantitative estimate of drug-likeness (QED) is 0.0704. The van der Waals surface area contributed by atoms with E-state index in [-0.39, 0.29) is 58.3 Å². The maximum absolute atomic E-state index is 13.5. The number of carbonyl (C=O) groups is 5. The number of aliphatic carboxylic acids is 1. The van der Waals surface area contributed by atoms with Crippen molar-refractivity contribution in [2.24, 2.45) is 28.7 Å². The molecule has 2 rings (SSSR count). The smallest absolute Gasteiger partial charge is 0.326 e. The molecule has 0 saturated heterocycles. The predicted molar refractivity (Wildman–Crippen MR) is 165 cm³/mol. The number of carboxylic acid groups (broad SMARTS) is 1. The Morgan fingerprint density at radius 3 is 1.82 bits per heavy atom. The molecule has 1 heterocycles. The van der Waals surface area contributed by atoms with Crippen LogP contribution in [-0.4, -0.2) is 96.1 Å². The highest BCUT2D eigenvalue weighted by Gasteiger charge is 2.32. The fourth-order valence-electron chi connectivity index (χ4n) is 4.59. The zero-order valence-electron chi connectivity index (χ0n) is 24.7. The van der Waals surface area contributed by atoms with Crippen molar-refractivity contribution < 1.29 is 29.1 Å². The Morgan fingerprint density at radius 1 is 0.682 bits per heavy atom. The van der Waals surface area contributed by atoms with Gasteiger partial charge >= 0.3 is 5.97 Å². The molecule has 244 valence electrons. The second-order valence-corrected chi connectivity index (χ2v) is 10.4. The number of carbonyl (C=O) groups excluding carboxylic acids is 4. The maximum atomic E-state index is 13.5. The normalized spacial score (nSPS) is 14.6. The molecular formula is C28H46N10O6. The van der Waals surface area contributed by atoms with Gasteiger partial charge in [-0.2, -0.15) is 0 Å². The van der Waals surface area contributed by atoms with Crippen molar-refractivity contribution in [3.63, 3.8) is 0 Å². The summed E-state index contributed by atoms with van der Waals surface area (Å²) in [7, 11) is 0. The van der Waals surface area contributed by atoms with Crippen LogP contribution in [0.15, 0.2) is 30.5 Å². The second-order valence-electron chi connectivity index (χ2n) is 10.4. The molecule has 0 bridgehead atoms. The lowest BCUT2D eigenvalue weighted by atomic mass is 10.0. The van der Waals surface area contributed by atoms with Crippen LogP contribution in [0, 0.1) is 0 Å². The Morgan fingerprint density at radius 2 is 1.20 bits per heavy atom. The van der Waals surface area contributed by atoms with Crippen LogP contribution in [0.25, 0.3) is 10.9 Å². The van der Waals surface area contributed by atoms with Gasteiger partial charge in [-0.1, -0.05) is 18.2 Å². The maximum Gasteiger partial charge on any atom is 0.326 e. The van der Waals surface area contributed by atoms with Crippen LogP contribution in [0.1, 0.15) is 37.7 Å². The average Bonchev–Trinajstić information content (AvgIpc) is 3.40. The molecule has 0 spiro atoms. The lowest BCUT2D eigenvalue weighted by Gasteiger charge is -2.26. The number of nitrogens with one attached hydrogen (secondary N) is 5. The lowest BCUT2D eigenvalue weighted by molar-refractivity contribution is -0.142. The van der Waals surface area contributed by atoms with E-state index in [2.05, 4.69) is 26.3 Å². The van der Waals surface area contributed by atoms with Crippen molar-refractivity contribution in [1.29, 1.82) is 0 Å². The number of hydrogen-bond donors (Lipinski definition) is 11. The minimum absolute atomic E-state index is 0.00799. The van der Waals surface area contributed by atoms with E-state index in [0.717, 1.165) is 10.9 Å². The van der Waals surface area contributed by atoms with E-state index in [1.807, 2.05) is 24.3 Å². The largest absolute Gasteiger partial charge is 0.480 e. The second kappa shape index (κ2) is 18.5. The van der Waals surface area contributed by atoms with Crippen LogP contribution in [0.3, 0.4) is 0 Å². The van der Waals surface area contributed by atoms with Crippen LogP contribution >= 0.6 is 0 Å². The minimum Gasteiger partial charge on any atom is -0.480 e. The van der Waals surface area contributed by atoms with Gasteiger partial charge in [0.2, 0.25) is 23.6 Å². The minimum atomic E-state index is -1.27. The third kappa shape index (κ3) is 10.9. The third-order valence-electron chi connectivity index (χ3n) is 7.03. The summed E-state index contributed by atoms with van der Waals surface area (Å²) >= 11 is 0. The van der Waals surface area contributed by atoms with Gasteiger partial charge in [0.05, 0.1) is 6.04 Å². The average molecular weight is 619 g/mol. The number of para-hydroxylation sites is 1. The Hall–Kier alpha value is -4.09. The SMILES string of the molecule is NCCC[C@H](NC(=O)[C@@H](N)CCN)C(=O)N[C@H](CCN)C(=O)N[C@@H](Cc1c[nH]c2ccccc12)C(=O)N[C@@H](CCN)C(=O)O. The molecule has 2 aromatic rings. The molecule has 0 unspecified atom stereocenters. The summed E-state index contributed by atoms with van der Waals surface area (Å²) in [5, 5.41) is 20.7. The van der Waals surface area contributed by atoms with Crippen molar-refractivity contribution in [3.8, 4) is 0 Å². The van der Waals surface area contributed by atoms with Crippen LogP contribution < -0.4 is 49.9 Å². The fourth-order valence-corrected chi connectivity index (χ4v) is 4.59. The summed E-state index contributed by atoms with van der Waals surface area (Å²) in [5.41, 5.74) is 29.7. The number of amides is 4. The number of fused-ring (bicyclic) bond motifs is 1. The van der Waals surface area contributed by atoms with E-state index in [4.69, 9.17) is 28.7 Å². The van der Waals surface area contributed by atoms with E-state index < -0.39 is 59.8 Å². The van der Waals surface area contributed by atoms with Gasteiger partial charge in [-0.05, 0) is 69.9 Å². The molecule has 0 aliphatic carbocycles. The number of carboxylic acids is 1. The van der Waals surface area contributed by atoms with Gasteiger partial charge in [0, 0.05) is 23.5 Å². The van der Waals surface area contributed by atoms with Crippen LogP contribution in [0.4, 0.5) is 0 Å². The molecule has 0 saturated carbocycles. The number of hydrogen-bond acceptors (Lipinski definition) is 10. The Balaban J connectivity index is 2.29. The molecule has 0 fully saturated rings. The van der Waals surface area contributed by atoms with Crippen molar-refractivity contribution >= 4 is 40.5 Å². The summed E-state index contributed by atoms with van der Waals surface area (Å²) in [6.45, 7) is 0.462. The first-order valence-electron chi connectivity index (χ1n) is 14.6. The van der Waals surface area contributed by atoms with Crippen LogP contribution in [0.5, 0.6) is 0 Å². The zero-order valence-corrected chi connectivity index (χ0v) is 24.7. The van der Waals surface area contributed by atoms with E-state index in [1.54, 1.807) is 6.20 Å². The number of benzene rings is 1. The highest BCUT2D eigenvalue weighted by molar-refractivity contribution is 5.96. The number of aromatic amines is 1. The molecule has 5 atom stereocenters. The Labute approximate surface area is 255 Å². The molecule has 16 heteroatoms. The van der Waals surface area contributed by atoms with E-state index in [0.29, 0.717) is 12.0 Å². The lowest BCUT2D eigenvalue weighted by Crippen LogP contribution is -2.59. The number of rotatable bonds is 20. The van der Waals surface area contributed by atoms with Gasteiger partial charge in [-0.15, -0.1) is 0 Å². The zero-order chi connectivity index (χ0) is 32.6. The first kappa shape index (κ1) is 36.1. The molecule has 44 heavy (non-hydrogen) atoms. The summed E-state index contributed by atoms with van der Waals surface area (Å²) < 4.78 is 0. The fraction of sp³-hybridized carbons (Fsp3) is 0.536. The van der Waals surface area contributed by atoms with Gasteiger partial charge in [0.25, 0.3) is 0 Å². The molecule has 0 aliphatic rings. The number of nitrogens with two attached hydrogens (primary N) is 5. The molecule has 16 nitrogen and oxygen atoms in total. The van der Waals surface area contributed by atoms with Gasteiger partial charge < -0.3 is 60.0 Å². The molecule has 1 aromatic heterocycles. The number of H-pyrrole nitrogens is 1. The van der Waals surface area contributed by atoms with Crippen molar-refractivity contribution in [1.82, 2.24) is 26.3 Å². The predicted octanol–water partition coefficient (Wildman–Crippen LogP) is -3.15. The first-order chi connectivity index (χ1) is 21.1. The van der Waals surface area contributed by atoms with E-state index >= 15 is 0 Å². The van der Waals surface area contributed by atoms with Crippen molar-refractivity contribution in [2.75, 3.05) is 26.2 Å². The van der Waals surface area contributed by atoms with E-state index in [9.17, 15) is 29.1 Å². The summed E-state index contributed by atoms with van der Waals surface area (Å²) in [5.74, 6) is -3.98. The van der Waals surface area contributed by atoms with Crippen molar-refractivity contribution in [3.05, 3.63) is 36.0 Å². The topological polar surface area (TPSA) is 300 Å². The van der Waals surface area contributed by atoms with Gasteiger partial charge in [-0.3, -0.25) is 19.2 Å². The van der Waals surface area contributed by atoms with Crippen molar-refractivity contribution in [2.45, 2.75) is 68.7 Å². The Bertz CT molecular complexity index is 1250. The molecule has 1 aromatic carbocycles. The molecule has 0 radical (unpaired) electrons. The summed E-state index contributed by atoms with van der Waals surface area (Å²) in [6.07, 6.45) is 2.49. The highest BCUT2D eigenvalue weighted by atomic mass is 16.4. The van der Waals surface area contributed by atoms with E-state index in [1.165, 1.54) is 0 Å². The molecular weight excluding hydrogens is 572 g/mol. The number of aromatic nitrogens is 1. The highest BCUT2D eigenvalue weighted by Crippen LogP contribution is 2.19. The first-order valence-corrected chi connectivity index (χ1v) is 14.6. The molecule has 0 aliphatic heterocycles. The van der Waals surface area contributed by atoms with Crippen LogP contribution in [0.2, 0.25) is 0 Å². The summed E-state index contributed by atoms with van der Waals surface area (Å²) in [4.78, 5) is 67.5. The third-order valence-corrected chi connectivity index (χ3v) is 7.03. The monoisotopic (exact) mass is 618 g/mol. The van der Waals surface area contributed by atoms with Gasteiger partial charge in [0.1, 0.15) is 24.2 Å². The molecule has 4 amide bonds. The molecule has 16 N–H and O–H groups in total. The Kier molecular flexibility index (Phi) is 15.2. The van der Waals surface area contributed by atoms with Gasteiger partial charge in [-0.25, -0.2) is 4.79 Å². The standard InChI is InChI=1S/C28H46N10O6/c29-10-3-6-20(35-24(39)18(33)7-11-30)25(40)36-21(8-12-31)26(41)38-23(27(42)37-22(9-13-32)28(43)44)14-16-15-34-19-5-2-1-4-17(16)19/h1-2,4-5,15,18,20-23,34H,3,6-14,29-33H2,(H,35,39)(H,36,40)(H,37,42)(H,38,41)(H,43,44)/t18-,20-,21+,22-,23-/m0/s1. The summed E-state index contributed by atoms with van der Waals surface area (Å²) in [6, 6.07) is 1.73. The van der Waals surface area contributed by atoms with Crippen LogP contribution in [-0.2, 0) is 30.4 Å².